The highest BCUT2D eigenvalue weighted by molar-refractivity contribution is 8.03. The third kappa shape index (κ3) is 4.44. The Morgan fingerprint density at radius 2 is 1.86 bits per heavy atom. The summed E-state index contributed by atoms with van der Waals surface area (Å²) in [5.74, 6) is -1.33. The SMILES string of the molecule is Cc1cc(SC#N)cc(C)c1NC(=O)COC(=O)c1n[nH]c(=O)c2ccccc12. The van der Waals surface area contributed by atoms with Crippen molar-refractivity contribution in [3.05, 3.63) is 63.6 Å². The molecule has 0 saturated heterocycles. The summed E-state index contributed by atoms with van der Waals surface area (Å²) in [5.41, 5.74) is 1.68. The molecule has 0 saturated carbocycles. The van der Waals surface area contributed by atoms with Gasteiger partial charge in [-0.1, -0.05) is 18.2 Å². The van der Waals surface area contributed by atoms with Gasteiger partial charge >= 0.3 is 5.97 Å². The molecule has 8 nitrogen and oxygen atoms in total. The average molecular weight is 408 g/mol. The first kappa shape index (κ1) is 20.1. The van der Waals surface area contributed by atoms with Crippen LogP contribution in [0.2, 0.25) is 0 Å². The molecule has 0 aliphatic carbocycles. The van der Waals surface area contributed by atoms with Crippen molar-refractivity contribution in [1.82, 2.24) is 10.2 Å². The number of thioether (sulfide) groups is 1. The summed E-state index contributed by atoms with van der Waals surface area (Å²) >= 11 is 1.04. The van der Waals surface area contributed by atoms with Gasteiger partial charge in [0, 0.05) is 16.0 Å². The fourth-order valence-corrected chi connectivity index (χ4v) is 3.45. The molecule has 0 aliphatic rings. The van der Waals surface area contributed by atoms with Gasteiger partial charge in [-0.15, -0.1) is 0 Å². The molecule has 0 bridgehead atoms. The van der Waals surface area contributed by atoms with E-state index in [4.69, 9.17) is 10.00 Å². The normalized spacial score (nSPS) is 10.4. The van der Waals surface area contributed by atoms with Crippen molar-refractivity contribution in [2.75, 3.05) is 11.9 Å². The quantitative estimate of drug-likeness (QED) is 0.378. The van der Waals surface area contributed by atoms with Gasteiger partial charge in [0.1, 0.15) is 5.40 Å². The first-order valence-corrected chi connectivity index (χ1v) is 9.34. The van der Waals surface area contributed by atoms with E-state index in [1.165, 1.54) is 0 Å². The monoisotopic (exact) mass is 408 g/mol. The Balaban J connectivity index is 1.71. The number of thiocyanates is 1. The van der Waals surface area contributed by atoms with Crippen molar-refractivity contribution >= 4 is 40.1 Å². The summed E-state index contributed by atoms with van der Waals surface area (Å²) in [6, 6.07) is 10.1. The highest BCUT2D eigenvalue weighted by atomic mass is 32.2. The molecule has 0 spiro atoms. The van der Waals surface area contributed by atoms with Gasteiger partial charge in [0.2, 0.25) is 0 Å². The number of anilines is 1. The number of nitriles is 1. The van der Waals surface area contributed by atoms with Crippen LogP contribution in [0.5, 0.6) is 0 Å². The fourth-order valence-electron chi connectivity index (χ4n) is 2.88. The number of esters is 1. The zero-order chi connectivity index (χ0) is 21.0. The molecule has 3 aromatic rings. The highest BCUT2D eigenvalue weighted by Crippen LogP contribution is 2.27. The number of aromatic nitrogens is 2. The Hall–Kier alpha value is -3.64. The lowest BCUT2D eigenvalue weighted by Crippen LogP contribution is -2.23. The van der Waals surface area contributed by atoms with Crippen molar-refractivity contribution in [1.29, 1.82) is 5.26 Å². The van der Waals surface area contributed by atoms with E-state index in [0.717, 1.165) is 27.8 Å². The van der Waals surface area contributed by atoms with Gasteiger partial charge in [0.05, 0.1) is 5.39 Å². The van der Waals surface area contributed by atoms with E-state index >= 15 is 0 Å². The summed E-state index contributed by atoms with van der Waals surface area (Å²) in [6.07, 6.45) is 0. The Morgan fingerprint density at radius 3 is 2.52 bits per heavy atom. The number of hydrogen-bond donors (Lipinski definition) is 2. The minimum absolute atomic E-state index is 0.0711. The van der Waals surface area contributed by atoms with Crippen LogP contribution < -0.4 is 10.9 Å². The van der Waals surface area contributed by atoms with Crippen LogP contribution in [0.25, 0.3) is 10.8 Å². The van der Waals surface area contributed by atoms with Crippen molar-refractivity contribution in [3.63, 3.8) is 0 Å². The molecule has 9 heteroatoms. The number of benzene rings is 2. The summed E-state index contributed by atoms with van der Waals surface area (Å²) in [6.45, 7) is 3.11. The third-order valence-electron chi connectivity index (χ3n) is 4.16. The maximum Gasteiger partial charge on any atom is 0.359 e. The van der Waals surface area contributed by atoms with Crippen LogP contribution in [0.3, 0.4) is 0 Å². The average Bonchev–Trinajstić information content (AvgIpc) is 2.70. The van der Waals surface area contributed by atoms with Crippen LogP contribution in [-0.2, 0) is 9.53 Å². The van der Waals surface area contributed by atoms with Gasteiger partial charge in [-0.25, -0.2) is 9.89 Å². The van der Waals surface area contributed by atoms with Gasteiger partial charge < -0.3 is 10.1 Å². The van der Waals surface area contributed by atoms with E-state index < -0.39 is 24.0 Å². The number of nitrogens with zero attached hydrogens (tertiary/aromatic N) is 2. The molecule has 2 N–H and O–H groups in total. The van der Waals surface area contributed by atoms with Crippen molar-refractivity contribution in [3.8, 4) is 5.40 Å². The van der Waals surface area contributed by atoms with E-state index in [0.29, 0.717) is 16.5 Å². The molecule has 146 valence electrons. The molecule has 1 heterocycles. The van der Waals surface area contributed by atoms with E-state index in [1.807, 2.05) is 19.2 Å². The predicted molar refractivity (Wildman–Crippen MR) is 109 cm³/mol. The van der Waals surface area contributed by atoms with Gasteiger partial charge in [-0.05, 0) is 54.9 Å². The number of carbonyl (C=O) groups excluding carboxylic acids is 2. The molecule has 1 amide bonds. The van der Waals surface area contributed by atoms with Crippen LogP contribution in [0, 0.1) is 24.5 Å². The lowest BCUT2D eigenvalue weighted by atomic mass is 10.1. The zero-order valence-corrected chi connectivity index (χ0v) is 16.4. The molecule has 0 aliphatic heterocycles. The van der Waals surface area contributed by atoms with Crippen molar-refractivity contribution < 1.29 is 14.3 Å². The summed E-state index contributed by atoms with van der Waals surface area (Å²) in [4.78, 5) is 37.2. The lowest BCUT2D eigenvalue weighted by molar-refractivity contribution is -0.119. The number of fused-ring (bicyclic) bond motifs is 1. The second-order valence-electron chi connectivity index (χ2n) is 6.20. The number of amides is 1. The number of rotatable bonds is 5. The molecular weight excluding hydrogens is 392 g/mol. The van der Waals surface area contributed by atoms with E-state index in [2.05, 4.69) is 15.5 Å². The minimum atomic E-state index is -0.818. The molecule has 0 fully saturated rings. The number of carbonyl (C=O) groups is 2. The predicted octanol–water partition coefficient (Wildman–Crippen LogP) is 2.91. The minimum Gasteiger partial charge on any atom is -0.451 e. The second kappa shape index (κ2) is 8.58. The second-order valence-corrected chi connectivity index (χ2v) is 7.05. The zero-order valence-electron chi connectivity index (χ0n) is 15.6. The van der Waals surface area contributed by atoms with Gasteiger partial charge in [0.15, 0.2) is 12.3 Å². The lowest BCUT2D eigenvalue weighted by Gasteiger charge is -2.13. The van der Waals surface area contributed by atoms with Crippen molar-refractivity contribution in [2.24, 2.45) is 0 Å². The Labute approximate surface area is 169 Å². The first-order valence-electron chi connectivity index (χ1n) is 8.52. The third-order valence-corrected chi connectivity index (χ3v) is 4.72. The van der Waals surface area contributed by atoms with E-state index in [-0.39, 0.29) is 5.69 Å². The van der Waals surface area contributed by atoms with E-state index in [9.17, 15) is 14.4 Å². The molecule has 1 aromatic heterocycles. The number of aromatic amines is 1. The standard InChI is InChI=1S/C20H16N4O4S/c1-11-7-13(29-10-21)8-12(2)17(11)22-16(25)9-28-20(27)18-14-5-3-4-6-15(14)19(26)24-23-18/h3-8H,9H2,1-2H3,(H,22,25)(H,24,26). The van der Waals surface area contributed by atoms with Crippen LogP contribution in [0.4, 0.5) is 5.69 Å². The number of ether oxygens (including phenoxy) is 1. The number of H-pyrrole nitrogens is 1. The van der Waals surface area contributed by atoms with Crippen LogP contribution in [0.1, 0.15) is 21.6 Å². The van der Waals surface area contributed by atoms with Crippen molar-refractivity contribution in [2.45, 2.75) is 18.7 Å². The maximum absolute atomic E-state index is 12.4. The molecule has 3 rings (SSSR count). The molecule has 2 aromatic carbocycles. The fraction of sp³-hybridized carbons (Fsp3) is 0.150. The largest absolute Gasteiger partial charge is 0.451 e. The summed E-state index contributed by atoms with van der Waals surface area (Å²) in [5, 5.41) is 20.2. The van der Waals surface area contributed by atoms with E-state index in [1.54, 1.807) is 36.4 Å². The van der Waals surface area contributed by atoms with Gasteiger partial charge in [-0.2, -0.15) is 10.4 Å². The first-order chi connectivity index (χ1) is 13.9. The summed E-state index contributed by atoms with van der Waals surface area (Å²) in [7, 11) is 0. The maximum atomic E-state index is 12.4. The topological polar surface area (TPSA) is 125 Å². The smallest absolute Gasteiger partial charge is 0.359 e. The summed E-state index contributed by atoms with van der Waals surface area (Å²) < 4.78 is 5.07. The Kier molecular flexibility index (Phi) is 5.95. The molecule has 29 heavy (non-hydrogen) atoms. The van der Waals surface area contributed by atoms with Gasteiger partial charge in [0.25, 0.3) is 11.5 Å². The van der Waals surface area contributed by atoms with Crippen LogP contribution in [-0.4, -0.2) is 28.7 Å². The highest BCUT2D eigenvalue weighted by Gasteiger charge is 2.17. The molecule has 0 radical (unpaired) electrons. The number of nitrogens with one attached hydrogen (secondary N) is 2. The number of hydrogen-bond acceptors (Lipinski definition) is 7. The Bertz CT molecular complexity index is 1190. The van der Waals surface area contributed by atoms with Gasteiger partial charge in [-0.3, -0.25) is 9.59 Å². The Morgan fingerprint density at radius 1 is 1.21 bits per heavy atom. The molecular formula is C20H16N4O4S. The number of aryl methyl sites for hydroxylation is 2. The molecule has 0 unspecified atom stereocenters. The molecule has 0 atom stereocenters. The van der Waals surface area contributed by atoms with Crippen LogP contribution >= 0.6 is 11.8 Å². The van der Waals surface area contributed by atoms with Crippen LogP contribution in [0.15, 0.2) is 46.1 Å².